The zero-order valence-electron chi connectivity index (χ0n) is 10.9. The molecule has 0 aliphatic carbocycles. The molecule has 0 radical (unpaired) electrons. The number of hydrogen-bond acceptors (Lipinski definition) is 4. The molecule has 7 heteroatoms. The minimum absolute atomic E-state index is 0.0978. The predicted molar refractivity (Wildman–Crippen MR) is 71.7 cm³/mol. The molecule has 1 N–H and O–H groups in total. The minimum atomic E-state index is -3.72. The van der Waals surface area contributed by atoms with E-state index in [1.54, 1.807) is 37.5 Å². The molecule has 0 saturated heterocycles. The zero-order chi connectivity index (χ0) is 14.0. The average Bonchev–Trinajstić information content (AvgIpc) is 2.74. The van der Waals surface area contributed by atoms with Crippen molar-refractivity contribution in [3.05, 3.63) is 36.0 Å². The Bertz CT molecular complexity index is 692. The number of sulfonamides is 1. The second-order valence-electron chi connectivity index (χ2n) is 4.13. The number of anilines is 1. The van der Waals surface area contributed by atoms with Crippen LogP contribution in [0.4, 0.5) is 5.82 Å². The third kappa shape index (κ3) is 2.87. The van der Waals surface area contributed by atoms with E-state index < -0.39 is 10.0 Å². The first-order valence-electron chi connectivity index (χ1n) is 5.59. The van der Waals surface area contributed by atoms with Gasteiger partial charge in [-0.25, -0.2) is 8.42 Å². The lowest BCUT2D eigenvalue weighted by Crippen LogP contribution is -2.14. The van der Waals surface area contributed by atoms with E-state index in [0.717, 1.165) is 5.56 Å². The van der Waals surface area contributed by atoms with Gasteiger partial charge in [0.2, 0.25) is 0 Å². The molecule has 0 unspecified atom stereocenters. The molecule has 2 rings (SSSR count). The maximum absolute atomic E-state index is 12.3. The van der Waals surface area contributed by atoms with Crippen molar-refractivity contribution in [3.63, 3.8) is 0 Å². The van der Waals surface area contributed by atoms with Gasteiger partial charge in [0.1, 0.15) is 10.6 Å². The van der Waals surface area contributed by atoms with Crippen molar-refractivity contribution in [2.75, 3.05) is 11.8 Å². The van der Waals surface area contributed by atoms with Crippen LogP contribution in [0.3, 0.4) is 0 Å². The quantitative estimate of drug-likeness (QED) is 0.922. The molecule has 1 heterocycles. The molecule has 1 aromatic carbocycles. The normalized spacial score (nSPS) is 11.3. The van der Waals surface area contributed by atoms with Crippen LogP contribution in [0.25, 0.3) is 0 Å². The Balaban J connectivity index is 2.41. The van der Waals surface area contributed by atoms with Gasteiger partial charge in [0.05, 0.1) is 7.11 Å². The Hall–Kier alpha value is -2.02. The molecular weight excluding hydrogens is 266 g/mol. The van der Waals surface area contributed by atoms with Gasteiger partial charge in [-0.05, 0) is 24.6 Å². The van der Waals surface area contributed by atoms with Crippen LogP contribution in [0.2, 0.25) is 0 Å². The monoisotopic (exact) mass is 281 g/mol. The highest BCUT2D eigenvalue weighted by molar-refractivity contribution is 7.92. The molecule has 0 spiro atoms. The maximum Gasteiger partial charge on any atom is 0.266 e. The molecule has 0 aliphatic heterocycles. The number of rotatable bonds is 4. The summed E-state index contributed by atoms with van der Waals surface area (Å²) in [5.74, 6) is 0.570. The molecule has 0 aliphatic rings. The summed E-state index contributed by atoms with van der Waals surface area (Å²) in [6.07, 6.45) is 1.66. The summed E-state index contributed by atoms with van der Waals surface area (Å²) in [5, 5.41) is 3.98. The van der Waals surface area contributed by atoms with E-state index in [0.29, 0.717) is 5.75 Å². The number of nitrogens with one attached hydrogen (secondary N) is 1. The Labute approximate surface area is 112 Å². The summed E-state index contributed by atoms with van der Waals surface area (Å²) in [6.45, 7) is 1.82. The van der Waals surface area contributed by atoms with Crippen LogP contribution >= 0.6 is 0 Å². The summed E-state index contributed by atoms with van der Waals surface area (Å²) < 4.78 is 33.6. The van der Waals surface area contributed by atoms with Crippen LogP contribution in [-0.4, -0.2) is 25.3 Å². The van der Waals surface area contributed by atoms with Crippen molar-refractivity contribution in [2.45, 2.75) is 11.8 Å². The maximum atomic E-state index is 12.3. The highest BCUT2D eigenvalue weighted by atomic mass is 32.2. The van der Waals surface area contributed by atoms with Crippen molar-refractivity contribution >= 4 is 15.8 Å². The van der Waals surface area contributed by atoms with E-state index in [1.165, 1.54) is 11.8 Å². The number of hydrogen-bond donors (Lipinski definition) is 1. The number of methoxy groups -OCH3 is 1. The van der Waals surface area contributed by atoms with Crippen LogP contribution < -0.4 is 9.46 Å². The van der Waals surface area contributed by atoms with Crippen molar-refractivity contribution < 1.29 is 13.2 Å². The zero-order valence-corrected chi connectivity index (χ0v) is 11.7. The van der Waals surface area contributed by atoms with E-state index in [1.807, 2.05) is 6.92 Å². The van der Waals surface area contributed by atoms with E-state index in [2.05, 4.69) is 9.82 Å². The number of aryl methyl sites for hydroxylation is 2. The van der Waals surface area contributed by atoms with Crippen LogP contribution in [0.15, 0.2) is 35.4 Å². The highest BCUT2D eigenvalue weighted by Crippen LogP contribution is 2.26. The Kier molecular flexibility index (Phi) is 3.48. The molecule has 102 valence electrons. The summed E-state index contributed by atoms with van der Waals surface area (Å²) >= 11 is 0. The predicted octanol–water partition coefficient (Wildman–Crippen LogP) is 1.54. The van der Waals surface area contributed by atoms with Gasteiger partial charge < -0.3 is 4.74 Å². The van der Waals surface area contributed by atoms with Gasteiger partial charge in [-0.2, -0.15) is 5.10 Å². The van der Waals surface area contributed by atoms with Gasteiger partial charge in [-0.15, -0.1) is 0 Å². The molecule has 0 fully saturated rings. The standard InChI is InChI=1S/C12H15N3O3S/c1-9-4-5-10(18-3)11(8-9)19(16,17)14-12-6-7-15(2)13-12/h4-8H,1-3H3,(H,13,14). The second-order valence-corrected chi connectivity index (χ2v) is 5.79. The summed E-state index contributed by atoms with van der Waals surface area (Å²) in [6, 6.07) is 6.56. The largest absolute Gasteiger partial charge is 0.495 e. The van der Waals surface area contributed by atoms with E-state index >= 15 is 0 Å². The minimum Gasteiger partial charge on any atom is -0.495 e. The molecule has 0 atom stereocenters. The number of benzene rings is 1. The molecule has 0 amide bonds. The Morgan fingerprint density at radius 2 is 2.05 bits per heavy atom. The SMILES string of the molecule is COc1ccc(C)cc1S(=O)(=O)Nc1ccn(C)n1. The first kappa shape index (κ1) is 13.4. The average molecular weight is 281 g/mol. The molecule has 2 aromatic rings. The third-order valence-electron chi connectivity index (χ3n) is 2.56. The smallest absolute Gasteiger partial charge is 0.266 e. The fraction of sp³-hybridized carbons (Fsp3) is 0.250. The van der Waals surface area contributed by atoms with Gasteiger partial charge in [-0.1, -0.05) is 6.07 Å². The van der Waals surface area contributed by atoms with Crippen molar-refractivity contribution in [3.8, 4) is 5.75 Å². The number of nitrogens with zero attached hydrogens (tertiary/aromatic N) is 2. The van der Waals surface area contributed by atoms with Crippen LogP contribution in [-0.2, 0) is 17.1 Å². The Morgan fingerprint density at radius 3 is 2.63 bits per heavy atom. The van der Waals surface area contributed by atoms with E-state index in [9.17, 15) is 8.42 Å². The van der Waals surface area contributed by atoms with Gasteiger partial charge in [0.25, 0.3) is 10.0 Å². The Morgan fingerprint density at radius 1 is 1.32 bits per heavy atom. The van der Waals surface area contributed by atoms with Gasteiger partial charge in [-0.3, -0.25) is 9.40 Å². The number of ether oxygens (including phenoxy) is 1. The highest BCUT2D eigenvalue weighted by Gasteiger charge is 2.20. The lowest BCUT2D eigenvalue weighted by molar-refractivity contribution is 0.402. The summed E-state index contributed by atoms with van der Waals surface area (Å²) in [7, 11) is -0.568. The first-order chi connectivity index (χ1) is 8.92. The topological polar surface area (TPSA) is 73.2 Å². The second kappa shape index (κ2) is 4.93. The van der Waals surface area contributed by atoms with Gasteiger partial charge >= 0.3 is 0 Å². The van der Waals surface area contributed by atoms with Crippen LogP contribution in [0, 0.1) is 6.92 Å². The lowest BCUT2D eigenvalue weighted by Gasteiger charge is -2.10. The van der Waals surface area contributed by atoms with Crippen molar-refractivity contribution in [1.29, 1.82) is 0 Å². The fourth-order valence-electron chi connectivity index (χ4n) is 1.66. The van der Waals surface area contributed by atoms with E-state index in [4.69, 9.17) is 4.74 Å². The molecule has 1 aromatic heterocycles. The summed E-state index contributed by atoms with van der Waals surface area (Å²) in [5.41, 5.74) is 0.835. The molecule has 6 nitrogen and oxygen atoms in total. The van der Waals surface area contributed by atoms with Crippen molar-refractivity contribution in [1.82, 2.24) is 9.78 Å². The van der Waals surface area contributed by atoms with Crippen molar-refractivity contribution in [2.24, 2.45) is 7.05 Å². The van der Waals surface area contributed by atoms with Gasteiger partial charge in [0.15, 0.2) is 5.82 Å². The number of aromatic nitrogens is 2. The molecule has 0 saturated carbocycles. The molecule has 0 bridgehead atoms. The molecular formula is C12H15N3O3S. The van der Waals surface area contributed by atoms with Gasteiger partial charge in [0, 0.05) is 19.3 Å². The van der Waals surface area contributed by atoms with Crippen LogP contribution in [0.5, 0.6) is 5.75 Å². The summed E-state index contributed by atoms with van der Waals surface area (Å²) in [4.78, 5) is 0.0978. The first-order valence-corrected chi connectivity index (χ1v) is 7.08. The lowest BCUT2D eigenvalue weighted by atomic mass is 10.2. The third-order valence-corrected chi connectivity index (χ3v) is 3.94. The molecule has 19 heavy (non-hydrogen) atoms. The van der Waals surface area contributed by atoms with E-state index in [-0.39, 0.29) is 10.7 Å². The van der Waals surface area contributed by atoms with Crippen LogP contribution in [0.1, 0.15) is 5.56 Å². The fourth-order valence-corrected chi connectivity index (χ4v) is 2.91.